The van der Waals surface area contributed by atoms with Crippen molar-refractivity contribution in [2.75, 3.05) is 0 Å². The van der Waals surface area contributed by atoms with Gasteiger partial charge in [-0.25, -0.2) is 0 Å². The van der Waals surface area contributed by atoms with Crippen molar-refractivity contribution in [2.45, 2.75) is 10.2 Å². The van der Waals surface area contributed by atoms with Gasteiger partial charge in [0, 0.05) is 24.8 Å². The maximum absolute atomic E-state index is 4.47. The van der Waals surface area contributed by atoms with E-state index >= 15 is 0 Å². The lowest BCUT2D eigenvalue weighted by atomic mass is 10.2. The van der Waals surface area contributed by atoms with Gasteiger partial charge in [-0.15, -0.1) is 24.0 Å². The monoisotopic (exact) mass is 336 g/mol. The van der Waals surface area contributed by atoms with Crippen LogP contribution < -0.4 is 0 Å². The first-order valence-corrected chi connectivity index (χ1v) is 6.91. The first-order valence-electron chi connectivity index (χ1n) is 3.67. The first-order chi connectivity index (χ1) is 6.22. The molecule has 0 radical (unpaired) electrons. The Morgan fingerprint density at radius 2 is 2.15 bits per heavy atom. The van der Waals surface area contributed by atoms with Gasteiger partial charge in [0.05, 0.1) is 0 Å². The molecule has 1 aromatic carbocycles. The Labute approximate surface area is 103 Å². The van der Waals surface area contributed by atoms with Crippen LogP contribution in [-0.4, -0.2) is 0 Å². The van der Waals surface area contributed by atoms with E-state index in [1.54, 1.807) is 11.3 Å². The zero-order valence-electron chi connectivity index (χ0n) is 6.55. The van der Waals surface area contributed by atoms with Gasteiger partial charge in [-0.05, 0) is 23.1 Å². The number of hydrogen-bond donors (Lipinski definition) is 1. The van der Waals surface area contributed by atoms with Gasteiger partial charge in [0.2, 0.25) is 0 Å². The second-order valence-corrected chi connectivity index (χ2v) is 5.56. The van der Waals surface area contributed by atoms with Crippen molar-refractivity contribution in [1.29, 1.82) is 0 Å². The Morgan fingerprint density at radius 3 is 2.85 bits per heavy atom. The van der Waals surface area contributed by atoms with Crippen LogP contribution in [0.4, 0.5) is 0 Å². The van der Waals surface area contributed by atoms with Crippen LogP contribution in [0.25, 0.3) is 10.1 Å². The molecular formula is C9H6Br2S2. The van der Waals surface area contributed by atoms with Crippen molar-refractivity contribution in [3.63, 3.8) is 0 Å². The third-order valence-electron chi connectivity index (χ3n) is 1.84. The quantitative estimate of drug-likeness (QED) is 0.558. The first kappa shape index (κ1) is 10.0. The Bertz CT molecular complexity index is 448. The van der Waals surface area contributed by atoms with Crippen LogP contribution in [0.3, 0.4) is 0 Å². The highest BCUT2D eigenvalue weighted by Gasteiger charge is 2.06. The lowest BCUT2D eigenvalue weighted by Crippen LogP contribution is -1.75. The molecule has 0 amide bonds. The summed E-state index contributed by atoms with van der Waals surface area (Å²) >= 11 is 13.2. The Balaban J connectivity index is 2.82. The molecule has 0 bridgehead atoms. The predicted molar refractivity (Wildman–Crippen MR) is 69.4 cm³/mol. The number of hydrogen-bond acceptors (Lipinski definition) is 2. The average molecular weight is 338 g/mol. The van der Waals surface area contributed by atoms with E-state index in [9.17, 15) is 0 Å². The average Bonchev–Trinajstić information content (AvgIpc) is 2.47. The summed E-state index contributed by atoms with van der Waals surface area (Å²) in [4.78, 5) is 1.04. The number of benzene rings is 1. The van der Waals surface area contributed by atoms with E-state index < -0.39 is 0 Å². The van der Waals surface area contributed by atoms with Gasteiger partial charge in [0.1, 0.15) is 0 Å². The standard InChI is InChI=1S/C9H6Br2S2/c10-3-5-4-13-8-2-6(11)1-7(12)9(5)8/h1-2,4,12H,3H2. The molecule has 2 rings (SSSR count). The minimum Gasteiger partial charge on any atom is -0.143 e. The van der Waals surface area contributed by atoms with Crippen LogP contribution in [0.15, 0.2) is 26.9 Å². The molecular weight excluding hydrogens is 332 g/mol. The van der Waals surface area contributed by atoms with Gasteiger partial charge in [0.15, 0.2) is 0 Å². The predicted octanol–water partition coefficient (Wildman–Crippen LogP) is 4.85. The van der Waals surface area contributed by atoms with Gasteiger partial charge in [-0.1, -0.05) is 31.9 Å². The zero-order valence-corrected chi connectivity index (χ0v) is 11.4. The smallest absolute Gasteiger partial charge is 0.0368 e. The second-order valence-electron chi connectivity index (χ2n) is 2.69. The van der Waals surface area contributed by atoms with Crippen molar-refractivity contribution in [3.8, 4) is 0 Å². The molecule has 0 spiro atoms. The van der Waals surface area contributed by atoms with Crippen LogP contribution in [0, 0.1) is 0 Å². The van der Waals surface area contributed by atoms with E-state index in [2.05, 4.69) is 55.9 Å². The highest BCUT2D eigenvalue weighted by molar-refractivity contribution is 9.10. The topological polar surface area (TPSA) is 0 Å². The SMILES string of the molecule is Sc1cc(Br)cc2scc(CBr)c12. The van der Waals surface area contributed by atoms with E-state index in [1.165, 1.54) is 15.6 Å². The summed E-state index contributed by atoms with van der Waals surface area (Å²) in [5.74, 6) is 0. The van der Waals surface area contributed by atoms with Gasteiger partial charge < -0.3 is 0 Å². The molecule has 2 aromatic rings. The minimum atomic E-state index is 0.891. The molecule has 13 heavy (non-hydrogen) atoms. The maximum Gasteiger partial charge on any atom is 0.0368 e. The van der Waals surface area contributed by atoms with E-state index in [1.807, 2.05) is 6.07 Å². The van der Waals surface area contributed by atoms with E-state index in [4.69, 9.17) is 0 Å². The van der Waals surface area contributed by atoms with Gasteiger partial charge in [-0.3, -0.25) is 0 Å². The number of alkyl halides is 1. The fourth-order valence-corrected chi connectivity index (χ4v) is 4.22. The molecule has 1 heterocycles. The number of thiol groups is 1. The minimum absolute atomic E-state index is 0.891. The lowest BCUT2D eigenvalue weighted by Gasteiger charge is -1.99. The number of thiophene rings is 1. The molecule has 0 N–H and O–H groups in total. The zero-order chi connectivity index (χ0) is 9.42. The van der Waals surface area contributed by atoms with Gasteiger partial charge in [-0.2, -0.15) is 0 Å². The summed E-state index contributed by atoms with van der Waals surface area (Å²) in [6.45, 7) is 0. The molecule has 0 unspecified atom stereocenters. The van der Waals surface area contributed by atoms with Crippen molar-refractivity contribution in [3.05, 3.63) is 27.5 Å². The summed E-state index contributed by atoms with van der Waals surface area (Å²) in [5.41, 5.74) is 1.32. The summed E-state index contributed by atoms with van der Waals surface area (Å²) in [5, 5.41) is 4.33. The molecule has 0 nitrogen and oxygen atoms in total. The molecule has 0 aliphatic heterocycles. The van der Waals surface area contributed by atoms with Crippen molar-refractivity contribution in [2.24, 2.45) is 0 Å². The van der Waals surface area contributed by atoms with Crippen LogP contribution in [0.2, 0.25) is 0 Å². The summed E-state index contributed by atoms with van der Waals surface area (Å²) in [7, 11) is 0. The van der Waals surface area contributed by atoms with Crippen LogP contribution >= 0.6 is 55.8 Å². The summed E-state index contributed by atoms with van der Waals surface area (Å²) < 4.78 is 2.38. The molecule has 0 saturated carbocycles. The van der Waals surface area contributed by atoms with Gasteiger partial charge >= 0.3 is 0 Å². The lowest BCUT2D eigenvalue weighted by molar-refractivity contribution is 1.47. The number of fused-ring (bicyclic) bond motifs is 1. The van der Waals surface area contributed by atoms with Crippen molar-refractivity contribution in [1.82, 2.24) is 0 Å². The van der Waals surface area contributed by atoms with E-state index in [0.29, 0.717) is 0 Å². The molecule has 0 aliphatic rings. The molecule has 1 aromatic heterocycles. The van der Waals surface area contributed by atoms with E-state index in [-0.39, 0.29) is 0 Å². The number of halogens is 2. The van der Waals surface area contributed by atoms with Crippen LogP contribution in [-0.2, 0) is 5.33 Å². The molecule has 4 heteroatoms. The molecule has 68 valence electrons. The highest BCUT2D eigenvalue weighted by Crippen LogP contribution is 2.34. The Kier molecular flexibility index (Phi) is 3.03. The van der Waals surface area contributed by atoms with Crippen molar-refractivity contribution < 1.29 is 0 Å². The van der Waals surface area contributed by atoms with Crippen LogP contribution in [0.1, 0.15) is 5.56 Å². The largest absolute Gasteiger partial charge is 0.143 e. The third-order valence-corrected chi connectivity index (χ3v) is 4.23. The molecule has 0 aliphatic carbocycles. The fourth-order valence-electron chi connectivity index (χ4n) is 1.28. The van der Waals surface area contributed by atoms with Gasteiger partial charge in [0.25, 0.3) is 0 Å². The third kappa shape index (κ3) is 1.82. The van der Waals surface area contributed by atoms with E-state index in [0.717, 1.165) is 14.7 Å². The Morgan fingerprint density at radius 1 is 1.38 bits per heavy atom. The Hall–Kier alpha value is 0.490. The summed E-state index contributed by atoms with van der Waals surface area (Å²) in [6.07, 6.45) is 0. The normalized spacial score (nSPS) is 11.0. The highest BCUT2D eigenvalue weighted by atomic mass is 79.9. The molecule has 0 fully saturated rings. The fraction of sp³-hybridized carbons (Fsp3) is 0.111. The second kappa shape index (κ2) is 3.93. The molecule has 0 saturated heterocycles. The number of rotatable bonds is 1. The van der Waals surface area contributed by atoms with Crippen molar-refractivity contribution >= 4 is 65.9 Å². The summed E-state index contributed by atoms with van der Waals surface area (Å²) in [6, 6.07) is 4.16. The molecule has 0 atom stereocenters. The maximum atomic E-state index is 4.47. The van der Waals surface area contributed by atoms with Crippen LogP contribution in [0.5, 0.6) is 0 Å².